The van der Waals surface area contributed by atoms with Gasteiger partial charge in [0, 0.05) is 30.1 Å². The number of thiazole rings is 1. The molecule has 1 aromatic heterocycles. The van der Waals surface area contributed by atoms with Gasteiger partial charge in [-0.25, -0.2) is 4.98 Å². The molecular weight excluding hydrogens is 329 g/mol. The van der Waals surface area contributed by atoms with Crippen LogP contribution in [0.5, 0.6) is 0 Å². The molecule has 122 valence electrons. The maximum Gasteiger partial charge on any atom is 0.221 e. The van der Waals surface area contributed by atoms with E-state index in [1.165, 1.54) is 11.4 Å². The van der Waals surface area contributed by atoms with Gasteiger partial charge in [-0.05, 0) is 45.6 Å². The van der Waals surface area contributed by atoms with E-state index in [1.807, 2.05) is 6.92 Å². The number of aryl methyl sites for hydroxylation is 2. The highest BCUT2D eigenvalue weighted by atomic mass is 35.5. The number of hydrogen-bond acceptors (Lipinski definition) is 4. The zero-order valence-corrected chi connectivity index (χ0v) is 14.8. The van der Waals surface area contributed by atoms with Gasteiger partial charge in [0.25, 0.3) is 0 Å². The molecule has 0 aromatic carbocycles. The van der Waals surface area contributed by atoms with E-state index in [0.29, 0.717) is 12.5 Å². The van der Waals surface area contributed by atoms with Gasteiger partial charge in [0.2, 0.25) is 5.91 Å². The zero-order valence-electron chi connectivity index (χ0n) is 12.4. The lowest BCUT2D eigenvalue weighted by Gasteiger charge is -2.10. The van der Waals surface area contributed by atoms with E-state index in [2.05, 4.69) is 21.0 Å². The summed E-state index contributed by atoms with van der Waals surface area (Å²) in [5.41, 5.74) is 1.11. The number of carbonyl (C=O) groups is 1. The van der Waals surface area contributed by atoms with E-state index >= 15 is 0 Å². The second-order valence-corrected chi connectivity index (χ2v) is 6.13. The van der Waals surface area contributed by atoms with Gasteiger partial charge < -0.3 is 10.6 Å². The molecule has 1 saturated heterocycles. The summed E-state index contributed by atoms with van der Waals surface area (Å²) in [7, 11) is 0. The molecule has 1 aliphatic heterocycles. The lowest BCUT2D eigenvalue weighted by molar-refractivity contribution is -0.121. The van der Waals surface area contributed by atoms with Gasteiger partial charge in [0.05, 0.1) is 5.01 Å². The third-order valence-corrected chi connectivity index (χ3v) is 4.43. The van der Waals surface area contributed by atoms with Crippen molar-refractivity contribution in [2.24, 2.45) is 0 Å². The molecular formula is C14H25Cl2N3OS. The summed E-state index contributed by atoms with van der Waals surface area (Å²) in [6, 6.07) is 0.401. The predicted octanol–water partition coefficient (Wildman–Crippen LogP) is 2.88. The summed E-state index contributed by atoms with van der Waals surface area (Å²) < 4.78 is 0. The number of rotatable bonds is 7. The van der Waals surface area contributed by atoms with Crippen molar-refractivity contribution in [3.8, 4) is 0 Å². The first-order valence-corrected chi connectivity index (χ1v) is 8.03. The van der Waals surface area contributed by atoms with Crippen molar-refractivity contribution in [2.75, 3.05) is 13.1 Å². The van der Waals surface area contributed by atoms with Crippen molar-refractivity contribution < 1.29 is 4.79 Å². The van der Waals surface area contributed by atoms with Gasteiger partial charge in [0.1, 0.15) is 0 Å². The van der Waals surface area contributed by atoms with Crippen LogP contribution in [0, 0.1) is 6.92 Å². The Morgan fingerprint density at radius 3 is 2.90 bits per heavy atom. The van der Waals surface area contributed by atoms with Crippen LogP contribution in [0.4, 0.5) is 0 Å². The topological polar surface area (TPSA) is 54.0 Å². The van der Waals surface area contributed by atoms with Crippen molar-refractivity contribution in [1.29, 1.82) is 0 Å². The maximum absolute atomic E-state index is 11.7. The normalized spacial score (nSPS) is 16.9. The molecule has 0 bridgehead atoms. The molecule has 1 aliphatic rings. The molecule has 1 fully saturated rings. The van der Waals surface area contributed by atoms with Crippen LogP contribution in [0.1, 0.15) is 42.8 Å². The molecule has 2 heterocycles. The second-order valence-electron chi connectivity index (χ2n) is 5.19. The quantitative estimate of drug-likeness (QED) is 0.741. The van der Waals surface area contributed by atoms with Crippen LogP contribution in [0.2, 0.25) is 0 Å². The zero-order chi connectivity index (χ0) is 13.5. The minimum atomic E-state index is 0. The number of aromatic nitrogens is 1. The minimum absolute atomic E-state index is 0. The first-order chi connectivity index (χ1) is 9.24. The van der Waals surface area contributed by atoms with Crippen molar-refractivity contribution in [3.63, 3.8) is 0 Å². The summed E-state index contributed by atoms with van der Waals surface area (Å²) in [4.78, 5) is 16.1. The molecule has 1 atom stereocenters. The fourth-order valence-electron chi connectivity index (χ4n) is 2.37. The first kappa shape index (κ1) is 20.6. The Balaban J connectivity index is 0.00000200. The number of carbonyl (C=O) groups excluding carboxylic acids is 1. The third-order valence-electron chi connectivity index (χ3n) is 3.40. The molecule has 7 heteroatoms. The predicted molar refractivity (Wildman–Crippen MR) is 92.9 cm³/mol. The van der Waals surface area contributed by atoms with Crippen molar-refractivity contribution in [1.82, 2.24) is 15.6 Å². The lowest BCUT2D eigenvalue weighted by Crippen LogP contribution is -2.32. The van der Waals surface area contributed by atoms with Crippen LogP contribution < -0.4 is 10.6 Å². The standard InChI is InChI=1S/C14H23N3OS.2ClH/c1-11-10-19-14(17-11)6-2-3-7-16-13(18)9-12-5-4-8-15-12;;/h10,12,15H,2-9H2,1H3,(H,16,18);2*1H. The monoisotopic (exact) mass is 353 g/mol. The first-order valence-electron chi connectivity index (χ1n) is 7.15. The van der Waals surface area contributed by atoms with Crippen LogP contribution in [0.15, 0.2) is 5.38 Å². The second kappa shape index (κ2) is 11.2. The van der Waals surface area contributed by atoms with Gasteiger partial charge in [-0.2, -0.15) is 0 Å². The Labute approximate surface area is 143 Å². The third kappa shape index (κ3) is 8.00. The van der Waals surface area contributed by atoms with Crippen LogP contribution in [0.25, 0.3) is 0 Å². The summed E-state index contributed by atoms with van der Waals surface area (Å²) in [6.45, 7) is 3.87. The Bertz CT molecular complexity index is 409. The maximum atomic E-state index is 11.7. The van der Waals surface area contributed by atoms with Crippen LogP contribution in [-0.2, 0) is 11.2 Å². The Morgan fingerprint density at radius 1 is 1.48 bits per heavy atom. The highest BCUT2D eigenvalue weighted by Gasteiger charge is 2.16. The summed E-state index contributed by atoms with van der Waals surface area (Å²) in [5, 5.41) is 9.65. The largest absolute Gasteiger partial charge is 0.356 e. The number of amides is 1. The molecule has 0 radical (unpaired) electrons. The Kier molecular flexibility index (Phi) is 11.0. The molecule has 1 unspecified atom stereocenters. The average molecular weight is 354 g/mol. The number of nitrogens with zero attached hydrogens (tertiary/aromatic N) is 1. The van der Waals surface area contributed by atoms with Crippen molar-refractivity contribution >= 4 is 42.1 Å². The number of halogens is 2. The molecule has 4 nitrogen and oxygen atoms in total. The Hall–Kier alpha value is -0.360. The van der Waals surface area contributed by atoms with E-state index in [1.54, 1.807) is 11.3 Å². The highest BCUT2D eigenvalue weighted by Crippen LogP contribution is 2.11. The molecule has 0 spiro atoms. The summed E-state index contributed by atoms with van der Waals surface area (Å²) >= 11 is 1.73. The number of unbranched alkanes of at least 4 members (excludes halogenated alkanes) is 1. The highest BCUT2D eigenvalue weighted by molar-refractivity contribution is 7.09. The van der Waals surface area contributed by atoms with Crippen LogP contribution >= 0.6 is 36.2 Å². The van der Waals surface area contributed by atoms with E-state index in [9.17, 15) is 4.79 Å². The molecule has 21 heavy (non-hydrogen) atoms. The van der Waals surface area contributed by atoms with Gasteiger partial charge in [0.15, 0.2) is 0 Å². The van der Waals surface area contributed by atoms with Crippen LogP contribution in [0.3, 0.4) is 0 Å². The molecule has 0 aliphatic carbocycles. The fourth-order valence-corrected chi connectivity index (χ4v) is 3.19. The van der Waals surface area contributed by atoms with Crippen molar-refractivity contribution in [3.05, 3.63) is 16.1 Å². The smallest absolute Gasteiger partial charge is 0.221 e. The minimum Gasteiger partial charge on any atom is -0.356 e. The van der Waals surface area contributed by atoms with Crippen molar-refractivity contribution in [2.45, 2.75) is 51.5 Å². The number of nitrogens with one attached hydrogen (secondary N) is 2. The fraction of sp³-hybridized carbons (Fsp3) is 0.714. The number of hydrogen-bond donors (Lipinski definition) is 2. The molecule has 0 saturated carbocycles. The van der Waals surface area contributed by atoms with Gasteiger partial charge in [-0.1, -0.05) is 0 Å². The molecule has 2 N–H and O–H groups in total. The Morgan fingerprint density at radius 2 is 2.29 bits per heavy atom. The molecule has 1 amide bonds. The van der Waals surface area contributed by atoms with E-state index in [0.717, 1.165) is 44.5 Å². The van der Waals surface area contributed by atoms with E-state index in [-0.39, 0.29) is 30.7 Å². The van der Waals surface area contributed by atoms with E-state index in [4.69, 9.17) is 0 Å². The SMILES string of the molecule is Cc1csc(CCCCNC(=O)CC2CCCN2)n1.Cl.Cl. The van der Waals surface area contributed by atoms with Gasteiger partial charge >= 0.3 is 0 Å². The summed E-state index contributed by atoms with van der Waals surface area (Å²) in [5.74, 6) is 0.185. The average Bonchev–Trinajstić information content (AvgIpc) is 3.01. The van der Waals surface area contributed by atoms with Gasteiger partial charge in [-0.15, -0.1) is 36.2 Å². The van der Waals surface area contributed by atoms with E-state index < -0.39 is 0 Å². The molecule has 1 aromatic rings. The summed E-state index contributed by atoms with van der Waals surface area (Å²) in [6.07, 6.45) is 6.11. The molecule has 2 rings (SSSR count). The van der Waals surface area contributed by atoms with Gasteiger partial charge in [-0.3, -0.25) is 4.79 Å². The van der Waals surface area contributed by atoms with Crippen LogP contribution in [-0.4, -0.2) is 30.0 Å². The lowest BCUT2D eigenvalue weighted by atomic mass is 10.1.